The third-order valence-electron chi connectivity index (χ3n) is 1.06. The monoisotopic (exact) mass is 180 g/mol. The molecule has 0 aromatic rings. The maximum absolute atomic E-state index is 10.7. The minimum absolute atomic E-state index is 0.304. The molecule has 0 spiro atoms. The fourth-order valence-corrected chi connectivity index (χ4v) is 1.17. The van der Waals surface area contributed by atoms with E-state index in [1.165, 1.54) is 14.0 Å². The lowest BCUT2D eigenvalue weighted by molar-refractivity contribution is -0.140. The average molecular weight is 180 g/mol. The van der Waals surface area contributed by atoms with Crippen molar-refractivity contribution in [2.75, 3.05) is 19.9 Å². The molecule has 5 heteroatoms. The Balaban J connectivity index is 3.14. The first-order chi connectivity index (χ1) is 5.16. The van der Waals surface area contributed by atoms with Gasteiger partial charge >= 0.3 is 5.97 Å². The van der Waals surface area contributed by atoms with Gasteiger partial charge in [-0.3, -0.25) is 9.36 Å². The van der Waals surface area contributed by atoms with Gasteiger partial charge in [0.2, 0.25) is 0 Å². The SMILES string of the molecule is CO[PH](=O)CCCOC(C)=O. The summed E-state index contributed by atoms with van der Waals surface area (Å²) in [7, 11) is -0.458. The zero-order chi connectivity index (χ0) is 8.69. The summed E-state index contributed by atoms with van der Waals surface area (Å²) < 4.78 is 19.9. The van der Waals surface area contributed by atoms with Gasteiger partial charge in [0, 0.05) is 20.2 Å². The fraction of sp³-hybridized carbons (Fsp3) is 0.833. The first kappa shape index (κ1) is 10.7. The molecule has 0 N–H and O–H groups in total. The largest absolute Gasteiger partial charge is 0.466 e. The Labute approximate surface area is 66.7 Å². The molecular formula is C6H13O4P. The summed E-state index contributed by atoms with van der Waals surface area (Å²) in [5.41, 5.74) is 0. The first-order valence-corrected chi connectivity index (χ1v) is 4.89. The van der Waals surface area contributed by atoms with Gasteiger partial charge in [-0.05, 0) is 6.42 Å². The molecule has 66 valence electrons. The normalized spacial score (nSPS) is 12.5. The molecule has 1 atom stereocenters. The van der Waals surface area contributed by atoms with Gasteiger partial charge in [0.1, 0.15) is 0 Å². The predicted molar refractivity (Wildman–Crippen MR) is 42.1 cm³/mol. The van der Waals surface area contributed by atoms with Crippen molar-refractivity contribution in [3.8, 4) is 0 Å². The second kappa shape index (κ2) is 6.38. The number of carbonyl (C=O) groups excluding carboxylic acids is 1. The first-order valence-electron chi connectivity index (χ1n) is 3.37. The Kier molecular flexibility index (Phi) is 6.18. The fourth-order valence-electron chi connectivity index (χ4n) is 0.534. The van der Waals surface area contributed by atoms with E-state index in [9.17, 15) is 9.36 Å². The van der Waals surface area contributed by atoms with Crippen LogP contribution in [0.4, 0.5) is 0 Å². The molecule has 0 bridgehead atoms. The highest BCUT2D eigenvalue weighted by Crippen LogP contribution is 2.20. The maximum atomic E-state index is 10.7. The topological polar surface area (TPSA) is 52.6 Å². The number of ether oxygens (including phenoxy) is 1. The molecule has 0 fully saturated rings. The van der Waals surface area contributed by atoms with Gasteiger partial charge in [0.05, 0.1) is 6.61 Å². The van der Waals surface area contributed by atoms with Crippen LogP contribution in [0.15, 0.2) is 0 Å². The van der Waals surface area contributed by atoms with Gasteiger partial charge in [-0.2, -0.15) is 0 Å². The summed E-state index contributed by atoms with van der Waals surface area (Å²) in [6.45, 7) is 1.68. The van der Waals surface area contributed by atoms with Crippen LogP contribution in [0.1, 0.15) is 13.3 Å². The Hall–Kier alpha value is -0.340. The van der Waals surface area contributed by atoms with Crippen molar-refractivity contribution in [3.63, 3.8) is 0 Å². The van der Waals surface area contributed by atoms with Gasteiger partial charge in [-0.1, -0.05) is 0 Å². The Morgan fingerprint density at radius 2 is 2.18 bits per heavy atom. The molecular weight excluding hydrogens is 167 g/mol. The lowest BCUT2D eigenvalue weighted by Gasteiger charge is -2.00. The van der Waals surface area contributed by atoms with E-state index in [1.807, 2.05) is 0 Å². The number of esters is 1. The Morgan fingerprint density at radius 1 is 1.55 bits per heavy atom. The van der Waals surface area contributed by atoms with Crippen LogP contribution in [0.5, 0.6) is 0 Å². The van der Waals surface area contributed by atoms with E-state index in [-0.39, 0.29) is 5.97 Å². The van der Waals surface area contributed by atoms with E-state index in [4.69, 9.17) is 0 Å². The van der Waals surface area contributed by atoms with Gasteiger partial charge in [-0.15, -0.1) is 0 Å². The summed E-state index contributed by atoms with van der Waals surface area (Å²) in [6, 6.07) is 0. The highest BCUT2D eigenvalue weighted by atomic mass is 31.1. The molecule has 0 saturated heterocycles. The zero-order valence-corrected chi connectivity index (χ0v) is 7.75. The summed E-state index contributed by atoms with van der Waals surface area (Å²) >= 11 is 0. The third-order valence-corrected chi connectivity index (χ3v) is 2.28. The van der Waals surface area contributed by atoms with Crippen molar-refractivity contribution in [2.45, 2.75) is 13.3 Å². The van der Waals surface area contributed by atoms with Gasteiger partial charge in [0.15, 0.2) is 8.03 Å². The highest BCUT2D eigenvalue weighted by Gasteiger charge is 1.97. The number of rotatable bonds is 5. The van der Waals surface area contributed by atoms with E-state index in [2.05, 4.69) is 9.26 Å². The lowest BCUT2D eigenvalue weighted by atomic mass is 10.5. The van der Waals surface area contributed by atoms with Crippen molar-refractivity contribution in [1.82, 2.24) is 0 Å². The molecule has 0 aliphatic carbocycles. The summed E-state index contributed by atoms with van der Waals surface area (Å²) in [5, 5.41) is 0. The second-order valence-electron chi connectivity index (χ2n) is 2.02. The molecule has 0 rings (SSSR count). The molecule has 0 heterocycles. The van der Waals surface area contributed by atoms with Crippen LogP contribution < -0.4 is 0 Å². The molecule has 0 amide bonds. The zero-order valence-electron chi connectivity index (χ0n) is 6.75. The molecule has 0 aromatic carbocycles. The van der Waals surface area contributed by atoms with Crippen molar-refractivity contribution in [2.24, 2.45) is 0 Å². The number of hydrogen-bond acceptors (Lipinski definition) is 4. The van der Waals surface area contributed by atoms with Gasteiger partial charge < -0.3 is 9.26 Å². The van der Waals surface area contributed by atoms with Crippen LogP contribution in [-0.2, 0) is 18.6 Å². The van der Waals surface area contributed by atoms with Crippen molar-refractivity contribution in [3.05, 3.63) is 0 Å². The molecule has 0 aliphatic heterocycles. The molecule has 0 aromatic heterocycles. The summed E-state index contributed by atoms with van der Waals surface area (Å²) in [5.74, 6) is -0.304. The number of carbonyl (C=O) groups is 1. The van der Waals surface area contributed by atoms with Crippen LogP contribution in [-0.4, -0.2) is 25.8 Å². The smallest absolute Gasteiger partial charge is 0.302 e. The number of hydrogen-bond donors (Lipinski definition) is 0. The quantitative estimate of drug-likeness (QED) is 0.360. The average Bonchev–Trinajstić information content (AvgIpc) is 1.97. The van der Waals surface area contributed by atoms with E-state index < -0.39 is 8.03 Å². The molecule has 0 saturated carbocycles. The second-order valence-corrected chi connectivity index (χ2v) is 3.67. The Bertz CT molecular complexity index is 146. The van der Waals surface area contributed by atoms with E-state index in [1.54, 1.807) is 0 Å². The van der Waals surface area contributed by atoms with Crippen LogP contribution in [0.25, 0.3) is 0 Å². The third kappa shape index (κ3) is 7.56. The lowest BCUT2D eigenvalue weighted by Crippen LogP contribution is -2.01. The predicted octanol–water partition coefficient (Wildman–Crippen LogP) is 1.06. The molecule has 0 aliphatic rings. The highest BCUT2D eigenvalue weighted by molar-refractivity contribution is 7.39. The van der Waals surface area contributed by atoms with Crippen LogP contribution >= 0.6 is 8.03 Å². The standard InChI is InChI=1S/C6H13O4P/c1-6(7)10-4-3-5-11(8)9-2/h11H,3-5H2,1-2H3. The van der Waals surface area contributed by atoms with Gasteiger partial charge in [0.25, 0.3) is 0 Å². The molecule has 4 nitrogen and oxygen atoms in total. The van der Waals surface area contributed by atoms with E-state index in [0.29, 0.717) is 19.2 Å². The van der Waals surface area contributed by atoms with E-state index >= 15 is 0 Å². The van der Waals surface area contributed by atoms with Crippen molar-refractivity contribution in [1.29, 1.82) is 0 Å². The molecule has 11 heavy (non-hydrogen) atoms. The van der Waals surface area contributed by atoms with Crippen LogP contribution in [0.2, 0.25) is 0 Å². The minimum Gasteiger partial charge on any atom is -0.466 e. The molecule has 0 radical (unpaired) electrons. The van der Waals surface area contributed by atoms with Crippen molar-refractivity contribution >= 4 is 14.0 Å². The van der Waals surface area contributed by atoms with E-state index in [0.717, 1.165) is 0 Å². The van der Waals surface area contributed by atoms with Crippen LogP contribution in [0, 0.1) is 0 Å². The summed E-state index contributed by atoms with van der Waals surface area (Å²) in [6.07, 6.45) is 1.08. The maximum Gasteiger partial charge on any atom is 0.302 e. The molecule has 1 unspecified atom stereocenters. The van der Waals surface area contributed by atoms with Crippen LogP contribution in [0.3, 0.4) is 0 Å². The summed E-state index contributed by atoms with van der Waals surface area (Å²) in [4.78, 5) is 10.2. The minimum atomic E-state index is -1.87. The Morgan fingerprint density at radius 3 is 2.64 bits per heavy atom. The van der Waals surface area contributed by atoms with Crippen molar-refractivity contribution < 1.29 is 18.6 Å². The van der Waals surface area contributed by atoms with Gasteiger partial charge in [-0.25, -0.2) is 0 Å².